The lowest BCUT2D eigenvalue weighted by Gasteiger charge is -2.11. The molecule has 0 bridgehead atoms. The van der Waals surface area contributed by atoms with E-state index in [4.69, 9.17) is 10.5 Å². The molecule has 2 N–H and O–H groups in total. The summed E-state index contributed by atoms with van der Waals surface area (Å²) in [6.07, 6.45) is 1.98. The molecule has 0 spiro atoms. The number of aryl methyl sites for hydroxylation is 2. The Kier molecular flexibility index (Phi) is 2.56. The zero-order valence-corrected chi connectivity index (χ0v) is 9.69. The van der Waals surface area contributed by atoms with Crippen molar-refractivity contribution in [3.05, 3.63) is 35.9 Å². The van der Waals surface area contributed by atoms with Crippen molar-refractivity contribution in [3.63, 3.8) is 0 Å². The largest absolute Gasteiger partial charge is 0.494 e. The van der Waals surface area contributed by atoms with Crippen LogP contribution in [0.4, 0.5) is 5.69 Å². The molecule has 0 radical (unpaired) electrons. The van der Waals surface area contributed by atoms with Crippen molar-refractivity contribution in [2.24, 2.45) is 0 Å². The Morgan fingerprint density at radius 3 is 2.62 bits per heavy atom. The molecule has 0 saturated carbocycles. The maximum atomic E-state index is 5.72. The molecule has 1 heterocycles. The monoisotopic (exact) mass is 217 g/mol. The number of benzene rings is 1. The number of rotatable bonds is 2. The van der Waals surface area contributed by atoms with Crippen molar-refractivity contribution < 1.29 is 4.74 Å². The van der Waals surface area contributed by atoms with E-state index in [0.29, 0.717) is 5.69 Å². The van der Waals surface area contributed by atoms with Crippen LogP contribution < -0.4 is 10.5 Å². The van der Waals surface area contributed by atoms with E-state index in [0.717, 1.165) is 23.0 Å². The molecule has 16 heavy (non-hydrogen) atoms. The number of nitrogens with zero attached hydrogens (tertiary/aromatic N) is 2. The molecule has 0 aliphatic rings. The van der Waals surface area contributed by atoms with Gasteiger partial charge in [-0.3, -0.25) is 0 Å². The summed E-state index contributed by atoms with van der Waals surface area (Å²) in [5, 5.41) is 0. The molecule has 2 aromatic rings. The Labute approximate surface area is 94.7 Å². The topological polar surface area (TPSA) is 53.1 Å². The summed E-state index contributed by atoms with van der Waals surface area (Å²) in [4.78, 5) is 4.36. The summed E-state index contributed by atoms with van der Waals surface area (Å²) < 4.78 is 7.31. The number of anilines is 1. The van der Waals surface area contributed by atoms with Crippen LogP contribution in [0.15, 0.2) is 24.4 Å². The molecule has 0 saturated heterocycles. The third-order valence-corrected chi connectivity index (χ3v) is 2.47. The quantitative estimate of drug-likeness (QED) is 0.783. The van der Waals surface area contributed by atoms with E-state index in [9.17, 15) is 0 Å². The van der Waals surface area contributed by atoms with Crippen LogP contribution in [0.25, 0.3) is 5.69 Å². The van der Waals surface area contributed by atoms with E-state index in [1.807, 2.05) is 42.8 Å². The third-order valence-electron chi connectivity index (χ3n) is 2.47. The minimum Gasteiger partial charge on any atom is -0.494 e. The lowest BCUT2D eigenvalue weighted by atomic mass is 10.2. The Hall–Kier alpha value is -1.97. The molecule has 4 nitrogen and oxygen atoms in total. The van der Waals surface area contributed by atoms with Crippen molar-refractivity contribution in [2.75, 3.05) is 12.8 Å². The number of imidazole rings is 1. The summed E-state index contributed by atoms with van der Waals surface area (Å²) in [6, 6.07) is 5.60. The molecular formula is C12H15N3O. The Morgan fingerprint density at radius 2 is 2.06 bits per heavy atom. The van der Waals surface area contributed by atoms with E-state index in [2.05, 4.69) is 4.98 Å². The highest BCUT2D eigenvalue weighted by molar-refractivity contribution is 5.56. The summed E-state index contributed by atoms with van der Waals surface area (Å²) in [5.74, 6) is 1.68. The Balaban J connectivity index is 2.59. The smallest absolute Gasteiger partial charge is 0.144 e. The van der Waals surface area contributed by atoms with Gasteiger partial charge in [0.25, 0.3) is 0 Å². The van der Waals surface area contributed by atoms with Crippen molar-refractivity contribution in [2.45, 2.75) is 13.8 Å². The standard InChI is InChI=1S/C12H15N3O/c1-8-7-15(9(2)14-8)11-5-4-10(13)6-12(11)16-3/h4-7H,13H2,1-3H3. The SMILES string of the molecule is COc1cc(N)ccc1-n1cc(C)nc1C. The number of hydrogen-bond acceptors (Lipinski definition) is 3. The van der Waals surface area contributed by atoms with Gasteiger partial charge in [0, 0.05) is 18.0 Å². The van der Waals surface area contributed by atoms with Crippen LogP contribution in [0.1, 0.15) is 11.5 Å². The first kappa shape index (κ1) is 10.5. The zero-order valence-electron chi connectivity index (χ0n) is 9.69. The van der Waals surface area contributed by atoms with Crippen LogP contribution in [-0.4, -0.2) is 16.7 Å². The van der Waals surface area contributed by atoms with Gasteiger partial charge >= 0.3 is 0 Å². The highest BCUT2D eigenvalue weighted by Crippen LogP contribution is 2.26. The first-order chi connectivity index (χ1) is 7.61. The first-order valence-electron chi connectivity index (χ1n) is 5.08. The second-order valence-electron chi connectivity index (χ2n) is 3.73. The van der Waals surface area contributed by atoms with Gasteiger partial charge in [0.05, 0.1) is 18.5 Å². The average Bonchev–Trinajstić information content (AvgIpc) is 2.57. The molecule has 2 rings (SSSR count). The molecule has 0 fully saturated rings. The van der Waals surface area contributed by atoms with Crippen LogP contribution in [0, 0.1) is 13.8 Å². The fraction of sp³-hybridized carbons (Fsp3) is 0.250. The van der Waals surface area contributed by atoms with Gasteiger partial charge in [0.1, 0.15) is 11.6 Å². The molecular weight excluding hydrogens is 202 g/mol. The van der Waals surface area contributed by atoms with E-state index in [1.54, 1.807) is 7.11 Å². The predicted octanol–water partition coefficient (Wildman–Crippen LogP) is 2.08. The fourth-order valence-electron chi connectivity index (χ4n) is 1.76. The van der Waals surface area contributed by atoms with Crippen molar-refractivity contribution >= 4 is 5.69 Å². The number of ether oxygens (including phenoxy) is 1. The highest BCUT2D eigenvalue weighted by Gasteiger charge is 2.08. The molecule has 84 valence electrons. The van der Waals surface area contributed by atoms with Crippen molar-refractivity contribution in [1.82, 2.24) is 9.55 Å². The fourth-order valence-corrected chi connectivity index (χ4v) is 1.76. The van der Waals surface area contributed by atoms with Crippen LogP contribution in [0.2, 0.25) is 0 Å². The van der Waals surface area contributed by atoms with E-state index >= 15 is 0 Å². The molecule has 1 aromatic carbocycles. The molecule has 0 aliphatic heterocycles. The number of aromatic nitrogens is 2. The summed E-state index contributed by atoms with van der Waals surface area (Å²) in [7, 11) is 1.64. The molecule has 4 heteroatoms. The Morgan fingerprint density at radius 1 is 1.31 bits per heavy atom. The van der Waals surface area contributed by atoms with Crippen molar-refractivity contribution in [3.8, 4) is 11.4 Å². The molecule has 0 amide bonds. The van der Waals surface area contributed by atoms with Crippen molar-refractivity contribution in [1.29, 1.82) is 0 Å². The van der Waals surface area contributed by atoms with E-state index < -0.39 is 0 Å². The second-order valence-corrected chi connectivity index (χ2v) is 3.73. The second kappa shape index (κ2) is 3.89. The maximum absolute atomic E-state index is 5.72. The zero-order chi connectivity index (χ0) is 11.7. The Bertz CT molecular complexity index is 517. The van der Waals surface area contributed by atoms with Gasteiger partial charge in [-0.1, -0.05) is 0 Å². The van der Waals surface area contributed by atoms with Crippen LogP contribution in [0.5, 0.6) is 5.75 Å². The van der Waals surface area contributed by atoms with Gasteiger partial charge < -0.3 is 15.0 Å². The average molecular weight is 217 g/mol. The van der Waals surface area contributed by atoms with Crippen LogP contribution in [-0.2, 0) is 0 Å². The summed E-state index contributed by atoms with van der Waals surface area (Å²) in [6.45, 7) is 3.93. The minimum atomic E-state index is 0.690. The number of nitrogens with two attached hydrogens (primary N) is 1. The lowest BCUT2D eigenvalue weighted by molar-refractivity contribution is 0.413. The van der Waals surface area contributed by atoms with Crippen LogP contribution >= 0.6 is 0 Å². The van der Waals surface area contributed by atoms with Gasteiger partial charge in [-0.2, -0.15) is 0 Å². The van der Waals surface area contributed by atoms with Gasteiger partial charge in [0.2, 0.25) is 0 Å². The predicted molar refractivity (Wildman–Crippen MR) is 64.0 cm³/mol. The highest BCUT2D eigenvalue weighted by atomic mass is 16.5. The minimum absolute atomic E-state index is 0.690. The number of hydrogen-bond donors (Lipinski definition) is 1. The molecule has 0 aliphatic carbocycles. The first-order valence-corrected chi connectivity index (χ1v) is 5.08. The van der Waals surface area contributed by atoms with Gasteiger partial charge in [-0.25, -0.2) is 4.98 Å². The van der Waals surface area contributed by atoms with Gasteiger partial charge in [-0.15, -0.1) is 0 Å². The lowest BCUT2D eigenvalue weighted by Crippen LogP contribution is -2.00. The van der Waals surface area contributed by atoms with Crippen LogP contribution in [0.3, 0.4) is 0 Å². The molecule has 0 unspecified atom stereocenters. The maximum Gasteiger partial charge on any atom is 0.144 e. The number of methoxy groups -OCH3 is 1. The molecule has 1 aromatic heterocycles. The van der Waals surface area contributed by atoms with E-state index in [-0.39, 0.29) is 0 Å². The number of nitrogen functional groups attached to an aromatic ring is 1. The van der Waals surface area contributed by atoms with E-state index in [1.165, 1.54) is 0 Å². The molecule has 0 atom stereocenters. The van der Waals surface area contributed by atoms with Gasteiger partial charge in [-0.05, 0) is 26.0 Å². The summed E-state index contributed by atoms with van der Waals surface area (Å²) in [5.41, 5.74) is 8.35. The normalized spacial score (nSPS) is 10.4. The third kappa shape index (κ3) is 1.74. The summed E-state index contributed by atoms with van der Waals surface area (Å²) >= 11 is 0. The van der Waals surface area contributed by atoms with Gasteiger partial charge in [0.15, 0.2) is 0 Å².